The minimum Gasteiger partial charge on any atom is -0.481 e. The Hall–Kier alpha value is -1.70. The number of nitro groups is 1. The zero-order chi connectivity index (χ0) is 14.0. The molecule has 0 bridgehead atoms. The van der Waals surface area contributed by atoms with E-state index < -0.39 is 10.9 Å². The van der Waals surface area contributed by atoms with Crippen LogP contribution in [0.4, 0.5) is 11.5 Å². The molecular weight excluding hydrogens is 318 g/mol. The fourth-order valence-corrected chi connectivity index (χ4v) is 2.53. The minimum atomic E-state index is -0.817. The lowest BCUT2D eigenvalue weighted by atomic mass is 10.1. The molecule has 0 aromatic carbocycles. The van der Waals surface area contributed by atoms with Crippen LogP contribution in [-0.4, -0.2) is 27.0 Å². The maximum atomic E-state index is 10.9. The number of aliphatic carboxylic acids is 1. The summed E-state index contributed by atoms with van der Waals surface area (Å²) >= 11 is 3.13. The van der Waals surface area contributed by atoms with Gasteiger partial charge in [-0.15, -0.1) is 0 Å². The van der Waals surface area contributed by atoms with Gasteiger partial charge in [0.15, 0.2) is 0 Å². The standard InChI is InChI=1S/C11H12BrN3O4/c12-7-4-9(15(18)19)10(13-5-7)14-8-2-1-6(3-8)11(16)17/h4-6,8H,1-3H2,(H,13,14)(H,16,17)/t6-,8+/m1/s1. The van der Waals surface area contributed by atoms with Crippen LogP contribution in [0.3, 0.4) is 0 Å². The summed E-state index contributed by atoms with van der Waals surface area (Å²) in [6.07, 6.45) is 3.19. The number of aromatic nitrogens is 1. The number of carboxylic acids is 1. The van der Waals surface area contributed by atoms with Gasteiger partial charge in [0.05, 0.1) is 10.8 Å². The van der Waals surface area contributed by atoms with E-state index in [0.717, 1.165) is 0 Å². The van der Waals surface area contributed by atoms with Crippen molar-refractivity contribution in [1.29, 1.82) is 0 Å². The van der Waals surface area contributed by atoms with Gasteiger partial charge >= 0.3 is 11.7 Å². The largest absolute Gasteiger partial charge is 0.481 e. The van der Waals surface area contributed by atoms with E-state index in [1.807, 2.05) is 0 Å². The Morgan fingerprint density at radius 2 is 2.32 bits per heavy atom. The number of nitrogens with one attached hydrogen (secondary N) is 1. The van der Waals surface area contributed by atoms with E-state index in [9.17, 15) is 14.9 Å². The highest BCUT2D eigenvalue weighted by Gasteiger charge is 2.31. The molecule has 7 nitrogen and oxygen atoms in total. The van der Waals surface area contributed by atoms with E-state index in [0.29, 0.717) is 23.7 Å². The summed E-state index contributed by atoms with van der Waals surface area (Å²) in [5, 5.41) is 22.8. The molecule has 0 aliphatic heterocycles. The molecule has 2 N–H and O–H groups in total. The average Bonchev–Trinajstić information content (AvgIpc) is 2.80. The van der Waals surface area contributed by atoms with E-state index in [2.05, 4.69) is 26.2 Å². The van der Waals surface area contributed by atoms with Crippen molar-refractivity contribution in [3.63, 3.8) is 0 Å². The second-order valence-corrected chi connectivity index (χ2v) is 5.38. The summed E-state index contributed by atoms with van der Waals surface area (Å²) in [7, 11) is 0. The van der Waals surface area contributed by atoms with E-state index in [1.165, 1.54) is 12.3 Å². The average molecular weight is 330 g/mol. The van der Waals surface area contributed by atoms with Gasteiger partial charge in [-0.1, -0.05) is 0 Å². The Bertz CT molecular complexity index is 523. The molecule has 1 aromatic rings. The number of hydrogen-bond donors (Lipinski definition) is 2. The maximum Gasteiger partial charge on any atom is 0.312 e. The molecule has 8 heteroatoms. The molecule has 1 aromatic heterocycles. The number of rotatable bonds is 4. The monoisotopic (exact) mass is 329 g/mol. The van der Waals surface area contributed by atoms with Crippen molar-refractivity contribution in [2.24, 2.45) is 5.92 Å². The Kier molecular flexibility index (Phi) is 3.98. The van der Waals surface area contributed by atoms with Crippen LogP contribution in [-0.2, 0) is 4.79 Å². The lowest BCUT2D eigenvalue weighted by Crippen LogP contribution is -2.19. The van der Waals surface area contributed by atoms with Gasteiger partial charge in [-0.2, -0.15) is 0 Å². The highest BCUT2D eigenvalue weighted by molar-refractivity contribution is 9.10. The summed E-state index contributed by atoms with van der Waals surface area (Å²) in [5.74, 6) is -1.01. The molecule has 1 fully saturated rings. The van der Waals surface area contributed by atoms with Gasteiger partial charge in [0.25, 0.3) is 0 Å². The molecule has 0 saturated heterocycles. The smallest absolute Gasteiger partial charge is 0.312 e. The summed E-state index contributed by atoms with van der Waals surface area (Å²) in [6.45, 7) is 0. The number of carbonyl (C=O) groups is 1. The van der Waals surface area contributed by atoms with Gasteiger partial charge in [-0.25, -0.2) is 4.98 Å². The summed E-state index contributed by atoms with van der Waals surface area (Å²) < 4.78 is 0.527. The molecule has 1 aliphatic rings. The maximum absolute atomic E-state index is 10.9. The Morgan fingerprint density at radius 1 is 1.58 bits per heavy atom. The predicted octanol–water partition coefficient (Wildman–Crippen LogP) is 2.42. The molecule has 102 valence electrons. The molecule has 0 spiro atoms. The lowest BCUT2D eigenvalue weighted by molar-refractivity contribution is -0.384. The molecule has 0 unspecified atom stereocenters. The quantitative estimate of drug-likeness (QED) is 0.649. The zero-order valence-electron chi connectivity index (χ0n) is 9.88. The highest BCUT2D eigenvalue weighted by Crippen LogP contribution is 2.31. The van der Waals surface area contributed by atoms with Crippen molar-refractivity contribution in [3.05, 3.63) is 26.9 Å². The van der Waals surface area contributed by atoms with Crippen molar-refractivity contribution in [2.75, 3.05) is 5.32 Å². The third-order valence-electron chi connectivity index (χ3n) is 3.15. The Balaban J connectivity index is 2.12. The van der Waals surface area contributed by atoms with Crippen molar-refractivity contribution in [3.8, 4) is 0 Å². The summed E-state index contributed by atoms with van der Waals surface area (Å²) in [4.78, 5) is 25.3. The van der Waals surface area contributed by atoms with Gasteiger partial charge in [-0.3, -0.25) is 14.9 Å². The van der Waals surface area contributed by atoms with Gasteiger partial charge in [0, 0.05) is 22.8 Å². The fraction of sp³-hybridized carbons (Fsp3) is 0.455. The molecular formula is C11H12BrN3O4. The summed E-state index contributed by atoms with van der Waals surface area (Å²) in [5.41, 5.74) is -0.117. The van der Waals surface area contributed by atoms with E-state index in [-0.39, 0.29) is 23.5 Å². The normalized spacial score (nSPS) is 22.2. The van der Waals surface area contributed by atoms with Gasteiger partial charge < -0.3 is 10.4 Å². The topological polar surface area (TPSA) is 105 Å². The third kappa shape index (κ3) is 3.19. The Morgan fingerprint density at radius 3 is 2.89 bits per heavy atom. The molecule has 2 atom stereocenters. The van der Waals surface area contributed by atoms with E-state index in [4.69, 9.17) is 5.11 Å². The van der Waals surface area contributed by atoms with Gasteiger partial charge in [0.1, 0.15) is 0 Å². The second-order valence-electron chi connectivity index (χ2n) is 4.47. The molecule has 0 amide bonds. The lowest BCUT2D eigenvalue weighted by Gasteiger charge is -2.13. The van der Waals surface area contributed by atoms with Crippen LogP contribution in [0, 0.1) is 16.0 Å². The SMILES string of the molecule is O=C(O)[C@@H]1CC[C@H](Nc2ncc(Br)cc2[N+](=O)[O-])C1. The molecule has 2 rings (SSSR count). The first-order valence-corrected chi connectivity index (χ1v) is 6.56. The van der Waals surface area contributed by atoms with Gasteiger partial charge in [0.2, 0.25) is 5.82 Å². The van der Waals surface area contributed by atoms with Crippen LogP contribution in [0.1, 0.15) is 19.3 Å². The third-order valence-corrected chi connectivity index (χ3v) is 3.59. The van der Waals surface area contributed by atoms with E-state index >= 15 is 0 Å². The first-order valence-electron chi connectivity index (χ1n) is 5.76. The van der Waals surface area contributed by atoms with Crippen molar-refractivity contribution in [2.45, 2.75) is 25.3 Å². The number of hydrogen-bond acceptors (Lipinski definition) is 5. The first-order chi connectivity index (χ1) is 8.97. The van der Waals surface area contributed by atoms with Crippen LogP contribution in [0.5, 0.6) is 0 Å². The molecule has 1 saturated carbocycles. The van der Waals surface area contributed by atoms with Crippen LogP contribution in [0.15, 0.2) is 16.7 Å². The molecule has 1 heterocycles. The molecule has 1 aliphatic carbocycles. The van der Waals surface area contributed by atoms with Crippen LogP contribution in [0.2, 0.25) is 0 Å². The van der Waals surface area contributed by atoms with Crippen LogP contribution >= 0.6 is 15.9 Å². The van der Waals surface area contributed by atoms with Crippen LogP contribution in [0.25, 0.3) is 0 Å². The number of pyridine rings is 1. The first kappa shape index (κ1) is 13.7. The second kappa shape index (κ2) is 5.52. The summed E-state index contributed by atoms with van der Waals surface area (Å²) in [6, 6.07) is 1.28. The number of halogens is 1. The molecule has 0 radical (unpaired) electrons. The van der Waals surface area contributed by atoms with E-state index in [1.54, 1.807) is 0 Å². The number of nitrogens with zero attached hydrogens (tertiary/aromatic N) is 2. The zero-order valence-corrected chi connectivity index (χ0v) is 11.5. The number of anilines is 1. The predicted molar refractivity (Wildman–Crippen MR) is 71.0 cm³/mol. The number of carboxylic acid groups (broad SMARTS) is 1. The van der Waals surface area contributed by atoms with Crippen molar-refractivity contribution in [1.82, 2.24) is 4.98 Å². The molecule has 19 heavy (non-hydrogen) atoms. The fourth-order valence-electron chi connectivity index (χ4n) is 2.21. The van der Waals surface area contributed by atoms with Crippen molar-refractivity contribution < 1.29 is 14.8 Å². The Labute approximate surface area is 117 Å². The minimum absolute atomic E-state index is 0.0894. The van der Waals surface area contributed by atoms with Crippen molar-refractivity contribution >= 4 is 33.4 Å². The highest BCUT2D eigenvalue weighted by atomic mass is 79.9. The van der Waals surface area contributed by atoms with Gasteiger partial charge in [-0.05, 0) is 35.2 Å². The van der Waals surface area contributed by atoms with Crippen LogP contribution < -0.4 is 5.32 Å².